The zero-order chi connectivity index (χ0) is 12.4. The normalized spacial score (nSPS) is 14.9. The van der Waals surface area contributed by atoms with E-state index >= 15 is 0 Å². The summed E-state index contributed by atoms with van der Waals surface area (Å²) in [6.07, 6.45) is 4.57. The molecule has 1 heterocycles. The topological polar surface area (TPSA) is 51.0 Å². The highest BCUT2D eigenvalue weighted by molar-refractivity contribution is 7.98. The van der Waals surface area contributed by atoms with Gasteiger partial charge in [-0.05, 0) is 31.2 Å². The predicted molar refractivity (Wildman–Crippen MR) is 71.4 cm³/mol. The van der Waals surface area contributed by atoms with Gasteiger partial charge in [0.25, 0.3) is 0 Å². The summed E-state index contributed by atoms with van der Waals surface area (Å²) in [7, 11) is 0. The Morgan fingerprint density at radius 3 is 2.94 bits per heavy atom. The standard InChI is InChI=1S/C13H15N3OS/c1-18-11-5-3-2-4-10(11)13-16-15-12(17-13)8-14-9-6-7-9/h2-5,9,14H,6-8H2,1H3. The summed E-state index contributed by atoms with van der Waals surface area (Å²) in [5, 5.41) is 11.6. The van der Waals surface area contributed by atoms with Crippen LogP contribution in [0.3, 0.4) is 0 Å². The van der Waals surface area contributed by atoms with Gasteiger partial charge >= 0.3 is 0 Å². The summed E-state index contributed by atoms with van der Waals surface area (Å²) < 4.78 is 5.69. The van der Waals surface area contributed by atoms with E-state index in [1.807, 2.05) is 24.5 Å². The third-order valence-electron chi connectivity index (χ3n) is 2.92. The molecule has 1 aromatic heterocycles. The quantitative estimate of drug-likeness (QED) is 0.839. The van der Waals surface area contributed by atoms with Crippen molar-refractivity contribution < 1.29 is 4.42 Å². The highest BCUT2D eigenvalue weighted by Gasteiger charge is 2.21. The second-order valence-electron chi connectivity index (χ2n) is 4.36. The van der Waals surface area contributed by atoms with Crippen LogP contribution in [0.2, 0.25) is 0 Å². The third-order valence-corrected chi connectivity index (χ3v) is 3.72. The Morgan fingerprint density at radius 1 is 1.33 bits per heavy atom. The molecular weight excluding hydrogens is 246 g/mol. The maximum absolute atomic E-state index is 5.69. The Kier molecular flexibility index (Phi) is 3.34. The van der Waals surface area contributed by atoms with Gasteiger partial charge in [0.05, 0.1) is 12.1 Å². The number of benzene rings is 1. The zero-order valence-corrected chi connectivity index (χ0v) is 11.0. The summed E-state index contributed by atoms with van der Waals surface area (Å²) in [6, 6.07) is 8.73. The van der Waals surface area contributed by atoms with Crippen LogP contribution in [0, 0.1) is 0 Å². The van der Waals surface area contributed by atoms with Crippen LogP contribution in [0.5, 0.6) is 0 Å². The molecule has 1 aliphatic rings. The molecule has 1 aromatic carbocycles. The first-order valence-corrected chi connectivity index (χ1v) is 7.28. The highest BCUT2D eigenvalue weighted by atomic mass is 32.2. The molecule has 0 unspecified atom stereocenters. The Morgan fingerprint density at radius 2 is 2.17 bits per heavy atom. The van der Waals surface area contributed by atoms with E-state index in [1.54, 1.807) is 11.8 Å². The summed E-state index contributed by atoms with van der Waals surface area (Å²) in [5.74, 6) is 1.26. The first-order chi connectivity index (χ1) is 8.86. The van der Waals surface area contributed by atoms with Gasteiger partial charge in [0, 0.05) is 10.9 Å². The van der Waals surface area contributed by atoms with Crippen molar-refractivity contribution in [2.24, 2.45) is 0 Å². The van der Waals surface area contributed by atoms with Crippen molar-refractivity contribution in [3.05, 3.63) is 30.2 Å². The number of hydrogen-bond acceptors (Lipinski definition) is 5. The lowest BCUT2D eigenvalue weighted by Gasteiger charge is -2.01. The van der Waals surface area contributed by atoms with Crippen molar-refractivity contribution in [3.8, 4) is 11.5 Å². The Balaban J connectivity index is 1.78. The van der Waals surface area contributed by atoms with Gasteiger partial charge in [-0.15, -0.1) is 22.0 Å². The van der Waals surface area contributed by atoms with Gasteiger partial charge in [-0.1, -0.05) is 12.1 Å². The molecule has 1 N–H and O–H groups in total. The van der Waals surface area contributed by atoms with E-state index in [2.05, 4.69) is 21.6 Å². The molecule has 0 bridgehead atoms. The molecule has 3 rings (SSSR count). The van der Waals surface area contributed by atoms with E-state index in [4.69, 9.17) is 4.42 Å². The van der Waals surface area contributed by atoms with E-state index in [-0.39, 0.29) is 0 Å². The lowest BCUT2D eigenvalue weighted by atomic mass is 10.2. The molecule has 2 aromatic rings. The van der Waals surface area contributed by atoms with Gasteiger partial charge < -0.3 is 9.73 Å². The first-order valence-electron chi connectivity index (χ1n) is 6.06. The molecule has 0 spiro atoms. The van der Waals surface area contributed by atoms with E-state index in [0.29, 0.717) is 24.4 Å². The van der Waals surface area contributed by atoms with Crippen molar-refractivity contribution in [3.63, 3.8) is 0 Å². The molecular formula is C13H15N3OS. The highest BCUT2D eigenvalue weighted by Crippen LogP contribution is 2.29. The molecule has 5 heteroatoms. The zero-order valence-electron chi connectivity index (χ0n) is 10.2. The minimum Gasteiger partial charge on any atom is -0.419 e. The largest absolute Gasteiger partial charge is 0.419 e. The van der Waals surface area contributed by atoms with E-state index < -0.39 is 0 Å². The monoisotopic (exact) mass is 261 g/mol. The van der Waals surface area contributed by atoms with Crippen LogP contribution in [-0.4, -0.2) is 22.5 Å². The minimum atomic E-state index is 0.604. The average molecular weight is 261 g/mol. The fourth-order valence-corrected chi connectivity index (χ4v) is 2.36. The minimum absolute atomic E-state index is 0.604. The van der Waals surface area contributed by atoms with Crippen LogP contribution in [0.1, 0.15) is 18.7 Å². The van der Waals surface area contributed by atoms with Gasteiger partial charge in [0.1, 0.15) is 0 Å². The smallest absolute Gasteiger partial charge is 0.248 e. The van der Waals surface area contributed by atoms with Crippen molar-refractivity contribution in [2.75, 3.05) is 6.26 Å². The van der Waals surface area contributed by atoms with Gasteiger partial charge in [0.15, 0.2) is 0 Å². The number of nitrogens with zero attached hydrogens (tertiary/aromatic N) is 2. The predicted octanol–water partition coefficient (Wildman–Crippen LogP) is 2.71. The molecule has 1 fully saturated rings. The summed E-state index contributed by atoms with van der Waals surface area (Å²) in [6.45, 7) is 0.666. The van der Waals surface area contributed by atoms with Crippen LogP contribution in [-0.2, 0) is 6.54 Å². The second-order valence-corrected chi connectivity index (χ2v) is 5.20. The van der Waals surface area contributed by atoms with E-state index in [9.17, 15) is 0 Å². The summed E-state index contributed by atoms with van der Waals surface area (Å²) in [4.78, 5) is 1.16. The number of rotatable bonds is 5. The molecule has 1 aliphatic carbocycles. The summed E-state index contributed by atoms with van der Waals surface area (Å²) in [5.41, 5.74) is 1.01. The molecule has 4 nitrogen and oxygen atoms in total. The number of nitrogens with one attached hydrogen (secondary N) is 1. The lowest BCUT2D eigenvalue weighted by Crippen LogP contribution is -2.15. The molecule has 18 heavy (non-hydrogen) atoms. The number of thioether (sulfide) groups is 1. The van der Waals surface area contributed by atoms with Crippen LogP contribution < -0.4 is 5.32 Å². The van der Waals surface area contributed by atoms with Crippen molar-refractivity contribution in [2.45, 2.75) is 30.3 Å². The van der Waals surface area contributed by atoms with Crippen molar-refractivity contribution in [1.82, 2.24) is 15.5 Å². The Hall–Kier alpha value is -1.33. The molecule has 0 saturated heterocycles. The fraction of sp³-hybridized carbons (Fsp3) is 0.385. The molecule has 0 atom stereocenters. The van der Waals surface area contributed by atoms with Crippen LogP contribution >= 0.6 is 11.8 Å². The first kappa shape index (κ1) is 11.7. The van der Waals surface area contributed by atoms with Crippen LogP contribution in [0.4, 0.5) is 0 Å². The number of hydrogen-bond donors (Lipinski definition) is 1. The van der Waals surface area contributed by atoms with Crippen molar-refractivity contribution >= 4 is 11.8 Å². The van der Waals surface area contributed by atoms with Gasteiger partial charge in [-0.2, -0.15) is 0 Å². The summed E-state index contributed by atoms with van der Waals surface area (Å²) >= 11 is 1.68. The van der Waals surface area contributed by atoms with Crippen LogP contribution in [0.15, 0.2) is 33.6 Å². The SMILES string of the molecule is CSc1ccccc1-c1nnc(CNC2CC2)o1. The van der Waals surface area contributed by atoms with Crippen molar-refractivity contribution in [1.29, 1.82) is 0 Å². The lowest BCUT2D eigenvalue weighted by molar-refractivity contribution is 0.476. The second kappa shape index (κ2) is 5.12. The average Bonchev–Trinajstić information content (AvgIpc) is 3.13. The molecule has 1 saturated carbocycles. The Labute approximate surface area is 110 Å². The Bertz CT molecular complexity index is 537. The molecule has 0 radical (unpaired) electrons. The maximum Gasteiger partial charge on any atom is 0.248 e. The maximum atomic E-state index is 5.69. The molecule has 0 amide bonds. The fourth-order valence-electron chi connectivity index (χ4n) is 1.77. The molecule has 0 aliphatic heterocycles. The van der Waals surface area contributed by atoms with Gasteiger partial charge in [-0.3, -0.25) is 0 Å². The van der Waals surface area contributed by atoms with Gasteiger partial charge in [0.2, 0.25) is 11.8 Å². The van der Waals surface area contributed by atoms with Crippen LogP contribution in [0.25, 0.3) is 11.5 Å². The third kappa shape index (κ3) is 2.57. The number of aromatic nitrogens is 2. The van der Waals surface area contributed by atoms with E-state index in [0.717, 1.165) is 10.5 Å². The molecule has 94 valence electrons. The van der Waals surface area contributed by atoms with E-state index in [1.165, 1.54) is 12.8 Å². The van der Waals surface area contributed by atoms with Gasteiger partial charge in [-0.25, -0.2) is 0 Å².